The SMILES string of the molecule is CC(C)CC(CN)NC(=O)CCOc1ccc(Cl)cc1.Cl. The van der Waals surface area contributed by atoms with E-state index in [0.29, 0.717) is 36.3 Å². The summed E-state index contributed by atoms with van der Waals surface area (Å²) in [5.41, 5.74) is 5.64. The van der Waals surface area contributed by atoms with Gasteiger partial charge in [-0.3, -0.25) is 4.79 Å². The molecule has 4 nitrogen and oxygen atoms in total. The number of benzene rings is 1. The van der Waals surface area contributed by atoms with Gasteiger partial charge in [-0.25, -0.2) is 0 Å². The Balaban J connectivity index is 0.00000400. The van der Waals surface area contributed by atoms with E-state index >= 15 is 0 Å². The Morgan fingerprint density at radius 1 is 1.33 bits per heavy atom. The fourth-order valence-corrected chi connectivity index (χ4v) is 2.00. The molecule has 0 aliphatic rings. The summed E-state index contributed by atoms with van der Waals surface area (Å²) in [6, 6.07) is 7.11. The van der Waals surface area contributed by atoms with Crippen molar-refractivity contribution in [3.8, 4) is 5.75 Å². The lowest BCUT2D eigenvalue weighted by Gasteiger charge is -2.18. The summed E-state index contributed by atoms with van der Waals surface area (Å²) in [5.74, 6) is 1.18. The van der Waals surface area contributed by atoms with Gasteiger partial charge in [0.1, 0.15) is 5.75 Å². The summed E-state index contributed by atoms with van der Waals surface area (Å²) < 4.78 is 5.48. The van der Waals surface area contributed by atoms with Crippen LogP contribution in [0.15, 0.2) is 24.3 Å². The number of hydrogen-bond donors (Lipinski definition) is 2. The Morgan fingerprint density at radius 3 is 2.48 bits per heavy atom. The molecular weight excluding hydrogens is 311 g/mol. The highest BCUT2D eigenvalue weighted by atomic mass is 35.5. The summed E-state index contributed by atoms with van der Waals surface area (Å²) in [7, 11) is 0. The quantitative estimate of drug-likeness (QED) is 0.767. The molecular formula is C15H24Cl2N2O2. The molecule has 0 saturated heterocycles. The number of nitrogens with two attached hydrogens (primary N) is 1. The highest BCUT2D eigenvalue weighted by molar-refractivity contribution is 6.30. The Morgan fingerprint density at radius 2 is 1.95 bits per heavy atom. The second-order valence-corrected chi connectivity index (χ2v) is 5.62. The van der Waals surface area contributed by atoms with Gasteiger partial charge in [-0.15, -0.1) is 12.4 Å². The van der Waals surface area contributed by atoms with Crippen LogP contribution in [-0.2, 0) is 4.79 Å². The van der Waals surface area contributed by atoms with Crippen molar-refractivity contribution in [1.82, 2.24) is 5.32 Å². The van der Waals surface area contributed by atoms with E-state index in [9.17, 15) is 4.79 Å². The monoisotopic (exact) mass is 334 g/mol. The fraction of sp³-hybridized carbons (Fsp3) is 0.533. The van der Waals surface area contributed by atoms with Crippen molar-refractivity contribution < 1.29 is 9.53 Å². The smallest absolute Gasteiger partial charge is 0.223 e. The van der Waals surface area contributed by atoms with Crippen molar-refractivity contribution in [3.05, 3.63) is 29.3 Å². The summed E-state index contributed by atoms with van der Waals surface area (Å²) in [5, 5.41) is 3.59. The van der Waals surface area contributed by atoms with E-state index in [-0.39, 0.29) is 24.4 Å². The van der Waals surface area contributed by atoms with E-state index in [1.54, 1.807) is 24.3 Å². The van der Waals surface area contributed by atoms with Crippen LogP contribution in [0.3, 0.4) is 0 Å². The molecule has 1 atom stereocenters. The lowest BCUT2D eigenvalue weighted by atomic mass is 10.0. The topological polar surface area (TPSA) is 64.3 Å². The summed E-state index contributed by atoms with van der Waals surface area (Å²) in [6.07, 6.45) is 1.21. The molecule has 21 heavy (non-hydrogen) atoms. The van der Waals surface area contributed by atoms with Crippen LogP contribution in [0.25, 0.3) is 0 Å². The Kier molecular flexibility index (Phi) is 10.2. The maximum Gasteiger partial charge on any atom is 0.223 e. The maximum absolute atomic E-state index is 11.8. The van der Waals surface area contributed by atoms with Gasteiger partial charge in [0.2, 0.25) is 5.91 Å². The van der Waals surface area contributed by atoms with Crippen molar-refractivity contribution in [3.63, 3.8) is 0 Å². The number of halogens is 2. The molecule has 1 aromatic rings. The summed E-state index contributed by atoms with van der Waals surface area (Å²) >= 11 is 5.78. The predicted molar refractivity (Wildman–Crippen MR) is 89.3 cm³/mol. The third-order valence-corrected chi connectivity index (χ3v) is 3.07. The second-order valence-electron chi connectivity index (χ2n) is 5.18. The number of carbonyl (C=O) groups excluding carboxylic acids is 1. The summed E-state index contributed by atoms with van der Waals surface area (Å²) in [6.45, 7) is 5.02. The van der Waals surface area contributed by atoms with Crippen LogP contribution >= 0.6 is 24.0 Å². The van der Waals surface area contributed by atoms with Gasteiger partial charge in [0, 0.05) is 17.6 Å². The van der Waals surface area contributed by atoms with Crippen molar-refractivity contribution in [2.75, 3.05) is 13.2 Å². The van der Waals surface area contributed by atoms with Gasteiger partial charge >= 0.3 is 0 Å². The molecule has 0 aromatic heterocycles. The molecule has 6 heteroatoms. The van der Waals surface area contributed by atoms with E-state index in [4.69, 9.17) is 22.1 Å². The molecule has 0 spiro atoms. The molecule has 0 fully saturated rings. The molecule has 0 aliphatic heterocycles. The first-order chi connectivity index (χ1) is 9.51. The first-order valence-corrected chi connectivity index (χ1v) is 7.27. The van der Waals surface area contributed by atoms with Crippen LogP contribution in [0.4, 0.5) is 0 Å². The minimum atomic E-state index is -0.0323. The third kappa shape index (κ3) is 8.81. The van der Waals surface area contributed by atoms with E-state index < -0.39 is 0 Å². The third-order valence-electron chi connectivity index (χ3n) is 2.82. The van der Waals surface area contributed by atoms with Gasteiger partial charge in [-0.1, -0.05) is 25.4 Å². The molecule has 120 valence electrons. The maximum atomic E-state index is 11.8. The first kappa shape index (κ1) is 20.0. The highest BCUT2D eigenvalue weighted by Crippen LogP contribution is 2.15. The average Bonchev–Trinajstić information content (AvgIpc) is 2.39. The lowest BCUT2D eigenvalue weighted by molar-refractivity contribution is -0.122. The molecule has 3 N–H and O–H groups in total. The number of nitrogens with one attached hydrogen (secondary N) is 1. The molecule has 0 aliphatic carbocycles. The summed E-state index contributed by atoms with van der Waals surface area (Å²) in [4.78, 5) is 11.8. The Bertz CT molecular complexity index is 411. The van der Waals surface area contributed by atoms with E-state index in [1.807, 2.05) is 0 Å². The van der Waals surface area contributed by atoms with Crippen molar-refractivity contribution >= 4 is 29.9 Å². The number of rotatable bonds is 8. The Hall–Kier alpha value is -0.970. The van der Waals surface area contributed by atoms with Crippen LogP contribution in [0.1, 0.15) is 26.7 Å². The van der Waals surface area contributed by atoms with Crippen LogP contribution < -0.4 is 15.8 Å². The number of ether oxygens (including phenoxy) is 1. The van der Waals surface area contributed by atoms with E-state index in [1.165, 1.54) is 0 Å². The lowest BCUT2D eigenvalue weighted by Crippen LogP contribution is -2.41. The predicted octanol–water partition coefficient (Wildman–Crippen LogP) is 3.02. The van der Waals surface area contributed by atoms with Crippen molar-refractivity contribution in [1.29, 1.82) is 0 Å². The zero-order valence-corrected chi connectivity index (χ0v) is 14.0. The average molecular weight is 335 g/mol. The van der Waals surface area contributed by atoms with Gasteiger partial charge in [0.25, 0.3) is 0 Å². The fourth-order valence-electron chi connectivity index (χ4n) is 1.88. The van der Waals surface area contributed by atoms with Crippen LogP contribution in [0, 0.1) is 5.92 Å². The zero-order chi connectivity index (χ0) is 15.0. The van der Waals surface area contributed by atoms with E-state index in [2.05, 4.69) is 19.2 Å². The number of carbonyl (C=O) groups is 1. The van der Waals surface area contributed by atoms with Crippen molar-refractivity contribution in [2.45, 2.75) is 32.7 Å². The number of amides is 1. The molecule has 0 heterocycles. The molecule has 1 rings (SSSR count). The molecule has 1 amide bonds. The van der Waals surface area contributed by atoms with Gasteiger partial charge < -0.3 is 15.8 Å². The van der Waals surface area contributed by atoms with Gasteiger partial charge in [-0.05, 0) is 36.6 Å². The van der Waals surface area contributed by atoms with Gasteiger partial charge in [0.05, 0.1) is 13.0 Å². The molecule has 1 aromatic carbocycles. The van der Waals surface area contributed by atoms with Crippen LogP contribution in [-0.4, -0.2) is 25.1 Å². The standard InChI is InChI=1S/C15H23ClN2O2.ClH/c1-11(2)9-13(10-17)18-15(19)7-8-20-14-5-3-12(16)4-6-14;/h3-6,11,13H,7-10,17H2,1-2H3,(H,18,19);1H. The minimum absolute atomic E-state index is 0. The van der Waals surface area contributed by atoms with Gasteiger partial charge in [-0.2, -0.15) is 0 Å². The molecule has 1 unspecified atom stereocenters. The second kappa shape index (κ2) is 10.7. The Labute approximate surface area is 137 Å². The zero-order valence-electron chi connectivity index (χ0n) is 12.5. The molecule has 0 saturated carbocycles. The molecule has 0 radical (unpaired) electrons. The number of hydrogen-bond acceptors (Lipinski definition) is 3. The first-order valence-electron chi connectivity index (χ1n) is 6.89. The normalized spacial score (nSPS) is 11.7. The minimum Gasteiger partial charge on any atom is -0.493 e. The van der Waals surface area contributed by atoms with Crippen LogP contribution in [0.2, 0.25) is 5.02 Å². The van der Waals surface area contributed by atoms with Crippen molar-refractivity contribution in [2.24, 2.45) is 11.7 Å². The molecule has 0 bridgehead atoms. The van der Waals surface area contributed by atoms with Gasteiger partial charge in [0.15, 0.2) is 0 Å². The van der Waals surface area contributed by atoms with E-state index in [0.717, 1.165) is 6.42 Å². The largest absolute Gasteiger partial charge is 0.493 e. The highest BCUT2D eigenvalue weighted by Gasteiger charge is 2.12. The van der Waals surface area contributed by atoms with Crippen LogP contribution in [0.5, 0.6) is 5.75 Å².